The van der Waals surface area contributed by atoms with Crippen molar-refractivity contribution in [3.8, 4) is 0 Å². The Morgan fingerprint density at radius 1 is 1.03 bits per heavy atom. The van der Waals surface area contributed by atoms with Crippen molar-refractivity contribution in [3.63, 3.8) is 0 Å². The molecule has 0 aliphatic rings. The molecule has 152 valence electrons. The lowest BCUT2D eigenvalue weighted by Gasteiger charge is -2.20. The number of thiazole rings is 1. The van der Waals surface area contributed by atoms with Gasteiger partial charge in [-0.3, -0.25) is 9.69 Å². The van der Waals surface area contributed by atoms with Crippen molar-refractivity contribution in [2.45, 2.75) is 37.5 Å². The Morgan fingerprint density at radius 2 is 1.80 bits per heavy atom. The average molecular weight is 433 g/mol. The van der Waals surface area contributed by atoms with Gasteiger partial charge in [0.2, 0.25) is 0 Å². The van der Waals surface area contributed by atoms with Crippen LogP contribution in [0, 0.1) is 6.92 Å². The molecular weight excluding hydrogens is 408 g/mol. The quantitative estimate of drug-likeness (QED) is 0.309. The minimum absolute atomic E-state index is 0.0261. The molecular formula is C25H24N2OS2. The molecule has 0 saturated heterocycles. The van der Waals surface area contributed by atoms with Gasteiger partial charge in [-0.15, -0.1) is 11.8 Å². The van der Waals surface area contributed by atoms with E-state index >= 15 is 0 Å². The fourth-order valence-electron chi connectivity index (χ4n) is 3.31. The Labute approximate surface area is 185 Å². The van der Waals surface area contributed by atoms with Crippen LogP contribution in [0.5, 0.6) is 0 Å². The van der Waals surface area contributed by atoms with Crippen LogP contribution in [0.2, 0.25) is 0 Å². The highest BCUT2D eigenvalue weighted by atomic mass is 32.2. The lowest BCUT2D eigenvalue weighted by atomic mass is 10.1. The molecule has 0 saturated carbocycles. The number of nitrogens with zero attached hydrogens (tertiary/aromatic N) is 2. The molecule has 30 heavy (non-hydrogen) atoms. The fourth-order valence-corrected chi connectivity index (χ4v) is 5.25. The molecule has 5 heteroatoms. The van der Waals surface area contributed by atoms with Crippen molar-refractivity contribution in [2.75, 3.05) is 4.90 Å². The Hall–Kier alpha value is -2.63. The van der Waals surface area contributed by atoms with Crippen LogP contribution in [0.15, 0.2) is 77.7 Å². The van der Waals surface area contributed by atoms with E-state index in [9.17, 15) is 4.79 Å². The van der Waals surface area contributed by atoms with E-state index in [0.717, 1.165) is 31.4 Å². The average Bonchev–Trinajstić information content (AvgIpc) is 3.17. The monoisotopic (exact) mass is 432 g/mol. The summed E-state index contributed by atoms with van der Waals surface area (Å²) in [7, 11) is 0. The predicted molar refractivity (Wildman–Crippen MR) is 129 cm³/mol. The van der Waals surface area contributed by atoms with Crippen LogP contribution in [-0.4, -0.2) is 16.1 Å². The van der Waals surface area contributed by atoms with Gasteiger partial charge in [0.1, 0.15) is 0 Å². The molecule has 1 aromatic heterocycles. The number of anilines is 1. The van der Waals surface area contributed by atoms with Crippen LogP contribution in [0.25, 0.3) is 10.2 Å². The van der Waals surface area contributed by atoms with Crippen molar-refractivity contribution < 1.29 is 4.79 Å². The van der Waals surface area contributed by atoms with Gasteiger partial charge in [-0.05, 0) is 42.3 Å². The van der Waals surface area contributed by atoms with Gasteiger partial charge in [0.05, 0.1) is 16.8 Å². The minimum atomic E-state index is -0.0261. The van der Waals surface area contributed by atoms with Crippen molar-refractivity contribution in [1.29, 1.82) is 0 Å². The second-order valence-electron chi connectivity index (χ2n) is 7.49. The van der Waals surface area contributed by atoms with E-state index in [1.54, 1.807) is 28.0 Å². The molecule has 0 aliphatic heterocycles. The second-order valence-corrected chi connectivity index (χ2v) is 10.1. The number of benzene rings is 3. The van der Waals surface area contributed by atoms with E-state index in [1.165, 1.54) is 0 Å². The molecule has 4 rings (SSSR count). The highest BCUT2D eigenvalue weighted by Crippen LogP contribution is 2.33. The number of para-hydroxylation sites is 1. The van der Waals surface area contributed by atoms with Crippen LogP contribution in [0.1, 0.15) is 35.3 Å². The Kier molecular flexibility index (Phi) is 6.21. The molecule has 3 aromatic carbocycles. The van der Waals surface area contributed by atoms with Crippen molar-refractivity contribution >= 4 is 44.4 Å². The zero-order chi connectivity index (χ0) is 21.1. The van der Waals surface area contributed by atoms with Crippen LogP contribution in [-0.2, 0) is 6.54 Å². The molecule has 0 aliphatic carbocycles. The molecule has 0 N–H and O–H groups in total. The zero-order valence-corrected chi connectivity index (χ0v) is 19.0. The van der Waals surface area contributed by atoms with Gasteiger partial charge < -0.3 is 0 Å². The normalized spacial score (nSPS) is 11.2. The van der Waals surface area contributed by atoms with E-state index in [0.29, 0.717) is 17.4 Å². The summed E-state index contributed by atoms with van der Waals surface area (Å²) in [5.41, 5.74) is 3.85. The lowest BCUT2D eigenvalue weighted by Crippen LogP contribution is -2.30. The number of amides is 1. The molecule has 0 bridgehead atoms. The van der Waals surface area contributed by atoms with Gasteiger partial charge >= 0.3 is 0 Å². The van der Waals surface area contributed by atoms with E-state index < -0.39 is 0 Å². The molecule has 4 aromatic rings. The molecule has 0 radical (unpaired) electrons. The minimum Gasteiger partial charge on any atom is -0.279 e. The number of carbonyl (C=O) groups is 1. The van der Waals surface area contributed by atoms with Crippen molar-refractivity contribution in [3.05, 3.63) is 89.5 Å². The maximum absolute atomic E-state index is 13.6. The number of carbonyl (C=O) groups excluding carboxylic acids is 1. The number of aryl methyl sites for hydroxylation is 1. The Balaban J connectivity index is 1.74. The molecule has 0 spiro atoms. The molecule has 3 nitrogen and oxygen atoms in total. The van der Waals surface area contributed by atoms with Crippen LogP contribution in [0.3, 0.4) is 0 Å². The third-order valence-electron chi connectivity index (χ3n) is 4.72. The number of hydrogen-bond acceptors (Lipinski definition) is 4. The van der Waals surface area contributed by atoms with E-state index in [1.807, 2.05) is 54.6 Å². The lowest BCUT2D eigenvalue weighted by molar-refractivity contribution is 0.0985. The summed E-state index contributed by atoms with van der Waals surface area (Å²) in [4.78, 5) is 21.4. The number of fused-ring (bicyclic) bond motifs is 1. The molecule has 1 heterocycles. The first-order valence-corrected chi connectivity index (χ1v) is 11.7. The first-order valence-electron chi connectivity index (χ1n) is 10.00. The van der Waals surface area contributed by atoms with Gasteiger partial charge in [-0.25, -0.2) is 4.98 Å². The number of hydrogen-bond donors (Lipinski definition) is 0. The van der Waals surface area contributed by atoms with Gasteiger partial charge in [-0.2, -0.15) is 0 Å². The second kappa shape index (κ2) is 9.02. The SMILES string of the molecule is Cc1cccc2sc(N(Cc3ccccc3)C(=O)c3cccc(SC(C)C)c3)nc12. The molecule has 0 unspecified atom stereocenters. The van der Waals surface area contributed by atoms with Gasteiger partial charge in [0, 0.05) is 15.7 Å². The maximum Gasteiger partial charge on any atom is 0.260 e. The van der Waals surface area contributed by atoms with Crippen LogP contribution < -0.4 is 4.90 Å². The topological polar surface area (TPSA) is 33.2 Å². The molecule has 0 atom stereocenters. The first kappa shape index (κ1) is 20.6. The number of thioether (sulfide) groups is 1. The highest BCUT2D eigenvalue weighted by molar-refractivity contribution is 7.99. The predicted octanol–water partition coefficient (Wildman–Crippen LogP) is 6.95. The largest absolute Gasteiger partial charge is 0.279 e. The van der Waals surface area contributed by atoms with E-state index in [2.05, 4.69) is 39.0 Å². The number of aromatic nitrogens is 1. The van der Waals surface area contributed by atoms with Gasteiger partial charge in [0.15, 0.2) is 5.13 Å². The standard InChI is InChI=1S/C25H24N2OS2/c1-17(2)29-21-13-8-12-20(15-21)24(28)27(16-19-10-5-4-6-11-19)25-26-23-18(3)9-7-14-22(23)30-25/h4-15,17H,16H2,1-3H3. The van der Waals surface area contributed by atoms with E-state index in [-0.39, 0.29) is 5.91 Å². The van der Waals surface area contributed by atoms with E-state index in [4.69, 9.17) is 4.98 Å². The first-order chi connectivity index (χ1) is 14.5. The molecule has 1 amide bonds. The van der Waals surface area contributed by atoms with Gasteiger partial charge in [-0.1, -0.05) is 73.7 Å². The van der Waals surface area contributed by atoms with Crippen LogP contribution in [0.4, 0.5) is 5.13 Å². The summed E-state index contributed by atoms with van der Waals surface area (Å²) in [5, 5.41) is 1.19. The summed E-state index contributed by atoms with van der Waals surface area (Å²) in [6.45, 7) is 6.86. The third-order valence-corrected chi connectivity index (χ3v) is 6.76. The third kappa shape index (κ3) is 4.58. The summed E-state index contributed by atoms with van der Waals surface area (Å²) < 4.78 is 1.10. The zero-order valence-electron chi connectivity index (χ0n) is 17.3. The Morgan fingerprint density at radius 3 is 2.53 bits per heavy atom. The highest BCUT2D eigenvalue weighted by Gasteiger charge is 2.22. The van der Waals surface area contributed by atoms with Crippen LogP contribution >= 0.6 is 23.1 Å². The smallest absolute Gasteiger partial charge is 0.260 e. The fraction of sp³-hybridized carbons (Fsp3) is 0.200. The summed E-state index contributed by atoms with van der Waals surface area (Å²) in [6.07, 6.45) is 0. The summed E-state index contributed by atoms with van der Waals surface area (Å²) >= 11 is 3.33. The van der Waals surface area contributed by atoms with Gasteiger partial charge in [0.25, 0.3) is 5.91 Å². The summed E-state index contributed by atoms with van der Waals surface area (Å²) in [5.74, 6) is -0.0261. The number of rotatable bonds is 6. The summed E-state index contributed by atoms with van der Waals surface area (Å²) in [6, 6.07) is 24.1. The molecule has 0 fully saturated rings. The van der Waals surface area contributed by atoms with Crippen molar-refractivity contribution in [2.24, 2.45) is 0 Å². The van der Waals surface area contributed by atoms with Crippen molar-refractivity contribution in [1.82, 2.24) is 4.98 Å². The maximum atomic E-state index is 13.6. The Bertz CT molecular complexity index is 1170.